The molecule has 1 aliphatic heterocycles. The van der Waals surface area contributed by atoms with Gasteiger partial charge >= 0.3 is 0 Å². The summed E-state index contributed by atoms with van der Waals surface area (Å²) >= 11 is 0. The number of hydrogen-bond acceptors (Lipinski definition) is 4. The Morgan fingerprint density at radius 1 is 1.05 bits per heavy atom. The molecule has 22 heavy (non-hydrogen) atoms. The lowest BCUT2D eigenvalue weighted by Crippen LogP contribution is -2.14. The maximum absolute atomic E-state index is 5.34. The van der Waals surface area contributed by atoms with Crippen molar-refractivity contribution in [2.45, 2.75) is 19.5 Å². The van der Waals surface area contributed by atoms with E-state index in [9.17, 15) is 0 Å². The van der Waals surface area contributed by atoms with Gasteiger partial charge in [-0.3, -0.25) is 0 Å². The van der Waals surface area contributed by atoms with Crippen LogP contribution in [0.5, 0.6) is 11.5 Å². The number of benzene rings is 2. The van der Waals surface area contributed by atoms with E-state index in [0.717, 1.165) is 37.6 Å². The van der Waals surface area contributed by atoms with E-state index in [1.165, 1.54) is 22.4 Å². The number of nitrogens with one attached hydrogen (secondary N) is 2. The summed E-state index contributed by atoms with van der Waals surface area (Å²) in [5.41, 5.74) is 5.24. The second kappa shape index (κ2) is 6.71. The van der Waals surface area contributed by atoms with Gasteiger partial charge < -0.3 is 20.1 Å². The third-order valence-corrected chi connectivity index (χ3v) is 4.03. The monoisotopic (exact) mass is 298 g/mol. The average molecular weight is 298 g/mol. The number of ether oxygens (including phenoxy) is 2. The summed E-state index contributed by atoms with van der Waals surface area (Å²) in [4.78, 5) is 0. The summed E-state index contributed by atoms with van der Waals surface area (Å²) in [5, 5.41) is 6.97. The van der Waals surface area contributed by atoms with Crippen molar-refractivity contribution in [2.24, 2.45) is 0 Å². The zero-order valence-electron chi connectivity index (χ0n) is 13.1. The summed E-state index contributed by atoms with van der Waals surface area (Å²) in [6, 6.07) is 12.5. The number of methoxy groups -OCH3 is 2. The second-order valence-electron chi connectivity index (χ2n) is 5.42. The van der Waals surface area contributed by atoms with Gasteiger partial charge in [0, 0.05) is 25.3 Å². The lowest BCUT2D eigenvalue weighted by atomic mass is 10.1. The Bertz CT molecular complexity index is 656. The molecule has 2 aromatic rings. The zero-order chi connectivity index (χ0) is 15.4. The standard InChI is InChI=1S/C18H22N2O2/c1-21-16-7-6-13(10-17(16)22-2)11-19-12-15-5-3-4-14-8-9-20-18(14)15/h3-7,10,19-20H,8-9,11-12H2,1-2H3. The van der Waals surface area contributed by atoms with Gasteiger partial charge in [-0.15, -0.1) is 0 Å². The van der Waals surface area contributed by atoms with E-state index in [-0.39, 0.29) is 0 Å². The van der Waals surface area contributed by atoms with Crippen LogP contribution in [0.4, 0.5) is 5.69 Å². The smallest absolute Gasteiger partial charge is 0.161 e. The van der Waals surface area contributed by atoms with Crippen LogP contribution < -0.4 is 20.1 Å². The Kier molecular flexibility index (Phi) is 4.49. The van der Waals surface area contributed by atoms with E-state index in [1.807, 2.05) is 12.1 Å². The van der Waals surface area contributed by atoms with E-state index in [0.29, 0.717) is 0 Å². The van der Waals surface area contributed by atoms with E-state index in [4.69, 9.17) is 9.47 Å². The summed E-state index contributed by atoms with van der Waals surface area (Å²) in [6.45, 7) is 2.69. The van der Waals surface area contributed by atoms with Gasteiger partial charge in [0.1, 0.15) is 0 Å². The normalized spacial score (nSPS) is 12.6. The summed E-state index contributed by atoms with van der Waals surface area (Å²) in [7, 11) is 3.31. The molecule has 0 unspecified atom stereocenters. The highest BCUT2D eigenvalue weighted by Crippen LogP contribution is 2.28. The fourth-order valence-electron chi connectivity index (χ4n) is 2.89. The van der Waals surface area contributed by atoms with Crippen LogP contribution in [-0.4, -0.2) is 20.8 Å². The number of anilines is 1. The maximum atomic E-state index is 5.34. The van der Waals surface area contributed by atoms with Gasteiger partial charge in [-0.05, 0) is 35.2 Å². The minimum absolute atomic E-state index is 0.760. The summed E-state index contributed by atoms with van der Waals surface area (Å²) in [5.74, 6) is 1.53. The van der Waals surface area contributed by atoms with Crippen LogP contribution in [0.2, 0.25) is 0 Å². The largest absolute Gasteiger partial charge is 0.493 e. The highest BCUT2D eigenvalue weighted by Gasteiger charge is 2.13. The van der Waals surface area contributed by atoms with E-state index in [2.05, 4.69) is 34.9 Å². The fraction of sp³-hybridized carbons (Fsp3) is 0.333. The number of hydrogen-bond donors (Lipinski definition) is 2. The van der Waals surface area contributed by atoms with E-state index in [1.54, 1.807) is 14.2 Å². The first-order valence-electron chi connectivity index (χ1n) is 7.58. The van der Waals surface area contributed by atoms with E-state index < -0.39 is 0 Å². The third-order valence-electron chi connectivity index (χ3n) is 4.03. The van der Waals surface area contributed by atoms with Crippen molar-refractivity contribution < 1.29 is 9.47 Å². The van der Waals surface area contributed by atoms with Crippen LogP contribution in [0.3, 0.4) is 0 Å². The predicted octanol–water partition coefficient (Wildman–Crippen LogP) is 2.96. The lowest BCUT2D eigenvalue weighted by Gasteiger charge is -2.12. The molecule has 2 aromatic carbocycles. The van der Waals surface area contributed by atoms with Gasteiger partial charge in [0.15, 0.2) is 11.5 Å². The molecule has 0 saturated heterocycles. The van der Waals surface area contributed by atoms with Crippen LogP contribution in [0, 0.1) is 0 Å². The molecule has 0 spiro atoms. The van der Waals surface area contributed by atoms with Gasteiger partial charge in [0.25, 0.3) is 0 Å². The molecule has 1 heterocycles. The molecule has 4 heteroatoms. The quantitative estimate of drug-likeness (QED) is 0.860. The molecule has 116 valence electrons. The Balaban J connectivity index is 1.63. The maximum Gasteiger partial charge on any atom is 0.161 e. The van der Waals surface area contributed by atoms with Crippen molar-refractivity contribution in [1.82, 2.24) is 5.32 Å². The number of para-hydroxylation sites is 1. The summed E-state index contributed by atoms with van der Waals surface area (Å²) < 4.78 is 10.6. The van der Waals surface area contributed by atoms with Gasteiger partial charge in [-0.25, -0.2) is 0 Å². The molecule has 0 aliphatic carbocycles. The van der Waals surface area contributed by atoms with Crippen molar-refractivity contribution in [2.75, 3.05) is 26.1 Å². The van der Waals surface area contributed by atoms with Crippen LogP contribution in [0.15, 0.2) is 36.4 Å². The van der Waals surface area contributed by atoms with Crippen molar-refractivity contribution >= 4 is 5.69 Å². The molecular weight excluding hydrogens is 276 g/mol. The third kappa shape index (κ3) is 3.02. The predicted molar refractivity (Wildman–Crippen MR) is 88.7 cm³/mol. The van der Waals surface area contributed by atoms with Crippen molar-refractivity contribution in [1.29, 1.82) is 0 Å². The average Bonchev–Trinajstić information content (AvgIpc) is 3.04. The molecule has 0 atom stereocenters. The molecule has 1 aliphatic rings. The van der Waals surface area contributed by atoms with Crippen molar-refractivity contribution in [3.8, 4) is 11.5 Å². The lowest BCUT2D eigenvalue weighted by molar-refractivity contribution is 0.354. The van der Waals surface area contributed by atoms with Crippen molar-refractivity contribution in [3.05, 3.63) is 53.1 Å². The second-order valence-corrected chi connectivity index (χ2v) is 5.42. The molecule has 0 fully saturated rings. The Hall–Kier alpha value is -2.20. The first-order chi connectivity index (χ1) is 10.8. The van der Waals surface area contributed by atoms with Gasteiger partial charge in [0.2, 0.25) is 0 Å². The molecule has 0 aromatic heterocycles. The minimum Gasteiger partial charge on any atom is -0.493 e. The SMILES string of the molecule is COc1ccc(CNCc2cccc3c2NCC3)cc1OC. The molecule has 4 nitrogen and oxygen atoms in total. The molecule has 2 N–H and O–H groups in total. The van der Waals surface area contributed by atoms with Crippen LogP contribution in [0.1, 0.15) is 16.7 Å². The molecule has 0 amide bonds. The topological polar surface area (TPSA) is 42.5 Å². The van der Waals surface area contributed by atoms with Gasteiger partial charge in [0.05, 0.1) is 14.2 Å². The summed E-state index contributed by atoms with van der Waals surface area (Å²) in [6.07, 6.45) is 1.12. The number of rotatable bonds is 6. The van der Waals surface area contributed by atoms with Crippen molar-refractivity contribution in [3.63, 3.8) is 0 Å². The van der Waals surface area contributed by atoms with Crippen LogP contribution in [-0.2, 0) is 19.5 Å². The van der Waals surface area contributed by atoms with Crippen LogP contribution in [0.25, 0.3) is 0 Å². The first-order valence-corrected chi connectivity index (χ1v) is 7.58. The fourth-order valence-corrected chi connectivity index (χ4v) is 2.89. The Morgan fingerprint density at radius 3 is 2.73 bits per heavy atom. The highest BCUT2D eigenvalue weighted by atomic mass is 16.5. The minimum atomic E-state index is 0.760. The van der Waals surface area contributed by atoms with E-state index >= 15 is 0 Å². The van der Waals surface area contributed by atoms with Gasteiger partial charge in [-0.2, -0.15) is 0 Å². The zero-order valence-corrected chi connectivity index (χ0v) is 13.1. The Morgan fingerprint density at radius 2 is 1.91 bits per heavy atom. The molecule has 0 saturated carbocycles. The highest BCUT2D eigenvalue weighted by molar-refractivity contribution is 5.61. The number of fused-ring (bicyclic) bond motifs is 1. The molecule has 0 radical (unpaired) electrons. The van der Waals surface area contributed by atoms with Gasteiger partial charge in [-0.1, -0.05) is 24.3 Å². The molecule has 3 rings (SSSR count). The van der Waals surface area contributed by atoms with Crippen LogP contribution >= 0.6 is 0 Å². The Labute approximate surface area is 131 Å². The first kappa shape index (κ1) is 14.7. The molecular formula is C18H22N2O2. The molecule has 0 bridgehead atoms.